The summed E-state index contributed by atoms with van der Waals surface area (Å²) in [6, 6.07) is 16.6. The fraction of sp³-hybridized carbons (Fsp3) is 0.375. The Hall–Kier alpha value is -2.41. The summed E-state index contributed by atoms with van der Waals surface area (Å²) in [5.74, 6) is 0.873. The summed E-state index contributed by atoms with van der Waals surface area (Å²) in [5, 5.41) is 2.22. The molecular weight excluding hydrogens is 394 g/mol. The maximum Gasteiger partial charge on any atom is 0.190 e. The number of aromatic nitrogens is 1. The van der Waals surface area contributed by atoms with Gasteiger partial charge in [0.15, 0.2) is 4.80 Å². The van der Waals surface area contributed by atoms with Crippen molar-refractivity contribution in [3.8, 4) is 17.0 Å². The monoisotopic (exact) mass is 423 g/mol. The van der Waals surface area contributed by atoms with Crippen LogP contribution in [0.5, 0.6) is 5.75 Å². The Kier molecular flexibility index (Phi) is 7.00. The molecule has 158 valence electrons. The fourth-order valence-corrected chi connectivity index (χ4v) is 4.64. The van der Waals surface area contributed by atoms with Crippen molar-refractivity contribution >= 4 is 17.0 Å². The Morgan fingerprint density at radius 1 is 1.03 bits per heavy atom. The molecule has 0 spiro atoms. The summed E-state index contributed by atoms with van der Waals surface area (Å²) in [6.07, 6.45) is 1.08. The average Bonchev–Trinajstić information content (AvgIpc) is 3.18. The van der Waals surface area contributed by atoms with Crippen LogP contribution in [-0.4, -0.2) is 49.4 Å². The van der Waals surface area contributed by atoms with Crippen LogP contribution in [0.1, 0.15) is 12.0 Å². The lowest BCUT2D eigenvalue weighted by atomic mass is 10.1. The highest BCUT2D eigenvalue weighted by Gasteiger charge is 2.12. The van der Waals surface area contributed by atoms with E-state index in [1.165, 1.54) is 16.8 Å². The van der Waals surface area contributed by atoms with Gasteiger partial charge in [0.1, 0.15) is 5.75 Å². The van der Waals surface area contributed by atoms with Gasteiger partial charge in [0.25, 0.3) is 0 Å². The van der Waals surface area contributed by atoms with Crippen molar-refractivity contribution < 1.29 is 9.47 Å². The third-order valence-corrected chi connectivity index (χ3v) is 6.34. The Bertz CT molecular complexity index is 1020. The zero-order valence-corrected chi connectivity index (χ0v) is 18.5. The molecule has 5 nitrogen and oxygen atoms in total. The van der Waals surface area contributed by atoms with Gasteiger partial charge in [-0.1, -0.05) is 18.2 Å². The number of aryl methyl sites for hydroxylation is 1. The van der Waals surface area contributed by atoms with Gasteiger partial charge in [-0.25, -0.2) is 4.99 Å². The number of morpholine rings is 1. The molecule has 1 saturated heterocycles. The molecule has 0 N–H and O–H groups in total. The average molecular weight is 424 g/mol. The Balaban J connectivity index is 1.63. The smallest absolute Gasteiger partial charge is 0.190 e. The van der Waals surface area contributed by atoms with Crippen molar-refractivity contribution in [3.05, 3.63) is 64.3 Å². The largest absolute Gasteiger partial charge is 0.497 e. The van der Waals surface area contributed by atoms with Gasteiger partial charge in [-0.15, -0.1) is 11.3 Å². The molecule has 2 heterocycles. The SMILES string of the molecule is COc1ccc(-c2csc(=Nc3ccccc3C)n2CCCN2CCOCC2)cc1. The fourth-order valence-electron chi connectivity index (χ4n) is 3.70. The molecule has 0 aliphatic carbocycles. The minimum atomic E-state index is 0.844. The van der Waals surface area contributed by atoms with Crippen LogP contribution in [-0.2, 0) is 11.3 Å². The molecule has 6 heteroatoms. The van der Waals surface area contributed by atoms with Gasteiger partial charge in [-0.3, -0.25) is 4.90 Å². The van der Waals surface area contributed by atoms with Gasteiger partial charge in [0.2, 0.25) is 0 Å². The van der Waals surface area contributed by atoms with Gasteiger partial charge >= 0.3 is 0 Å². The van der Waals surface area contributed by atoms with Crippen LogP contribution >= 0.6 is 11.3 Å². The molecule has 1 aliphatic heterocycles. The van der Waals surface area contributed by atoms with E-state index in [1.54, 1.807) is 18.4 Å². The molecule has 0 unspecified atom stereocenters. The molecule has 2 aromatic carbocycles. The van der Waals surface area contributed by atoms with E-state index in [-0.39, 0.29) is 0 Å². The van der Waals surface area contributed by atoms with E-state index in [4.69, 9.17) is 14.5 Å². The Morgan fingerprint density at radius 2 is 1.80 bits per heavy atom. The molecule has 1 fully saturated rings. The summed E-state index contributed by atoms with van der Waals surface area (Å²) in [6.45, 7) is 7.87. The third-order valence-electron chi connectivity index (χ3n) is 5.47. The van der Waals surface area contributed by atoms with Crippen molar-refractivity contribution in [3.63, 3.8) is 0 Å². The first-order chi connectivity index (χ1) is 14.7. The molecule has 0 amide bonds. The summed E-state index contributed by atoms with van der Waals surface area (Å²) in [7, 11) is 1.70. The number of para-hydroxylation sites is 1. The second-order valence-corrected chi connectivity index (χ2v) is 8.33. The van der Waals surface area contributed by atoms with E-state index in [9.17, 15) is 0 Å². The minimum absolute atomic E-state index is 0.844. The Morgan fingerprint density at radius 3 is 2.53 bits per heavy atom. The first-order valence-electron chi connectivity index (χ1n) is 10.5. The van der Waals surface area contributed by atoms with E-state index in [2.05, 4.69) is 52.1 Å². The quantitative estimate of drug-likeness (QED) is 0.562. The maximum atomic E-state index is 5.47. The summed E-state index contributed by atoms with van der Waals surface area (Å²) >= 11 is 1.70. The minimum Gasteiger partial charge on any atom is -0.497 e. The highest BCUT2D eigenvalue weighted by molar-refractivity contribution is 7.07. The molecule has 1 aliphatic rings. The lowest BCUT2D eigenvalue weighted by Crippen LogP contribution is -2.37. The highest BCUT2D eigenvalue weighted by atomic mass is 32.1. The zero-order valence-electron chi connectivity index (χ0n) is 17.7. The van der Waals surface area contributed by atoms with E-state index >= 15 is 0 Å². The van der Waals surface area contributed by atoms with Gasteiger partial charge in [0, 0.05) is 31.6 Å². The molecule has 4 rings (SSSR count). The van der Waals surface area contributed by atoms with Gasteiger partial charge in [-0.05, 0) is 54.8 Å². The van der Waals surface area contributed by atoms with E-state index < -0.39 is 0 Å². The normalized spacial score (nSPS) is 15.5. The molecular formula is C24H29N3O2S. The summed E-state index contributed by atoms with van der Waals surface area (Å²) < 4.78 is 13.2. The van der Waals surface area contributed by atoms with Crippen molar-refractivity contribution in [1.82, 2.24) is 9.47 Å². The zero-order chi connectivity index (χ0) is 20.8. The Labute approximate surface area is 182 Å². The highest BCUT2D eigenvalue weighted by Crippen LogP contribution is 2.24. The van der Waals surface area contributed by atoms with E-state index in [0.29, 0.717) is 0 Å². The number of nitrogens with zero attached hydrogens (tertiary/aromatic N) is 3. The summed E-state index contributed by atoms with van der Waals surface area (Å²) in [5.41, 5.74) is 4.61. The van der Waals surface area contributed by atoms with Crippen LogP contribution < -0.4 is 9.54 Å². The molecule has 1 aromatic heterocycles. The number of ether oxygens (including phenoxy) is 2. The topological polar surface area (TPSA) is 39.0 Å². The predicted molar refractivity (Wildman–Crippen MR) is 123 cm³/mol. The van der Waals surface area contributed by atoms with Gasteiger partial charge < -0.3 is 14.0 Å². The molecule has 0 saturated carbocycles. The molecule has 0 atom stereocenters. The van der Waals surface area contributed by atoms with Crippen molar-refractivity contribution in [2.45, 2.75) is 19.9 Å². The second kappa shape index (κ2) is 10.1. The van der Waals surface area contributed by atoms with Crippen LogP contribution in [0.25, 0.3) is 11.3 Å². The number of rotatable bonds is 7. The number of thiazole rings is 1. The molecule has 30 heavy (non-hydrogen) atoms. The van der Waals surface area contributed by atoms with E-state index in [1.807, 2.05) is 18.2 Å². The summed E-state index contributed by atoms with van der Waals surface area (Å²) in [4.78, 5) is 8.54. The van der Waals surface area contributed by atoms with Crippen LogP contribution in [0.4, 0.5) is 5.69 Å². The molecule has 0 radical (unpaired) electrons. The lowest BCUT2D eigenvalue weighted by Gasteiger charge is -2.26. The first-order valence-corrected chi connectivity index (χ1v) is 11.4. The van der Waals surface area contributed by atoms with E-state index in [0.717, 1.165) is 62.1 Å². The molecule has 3 aromatic rings. The first kappa shape index (κ1) is 20.8. The van der Waals surface area contributed by atoms with Crippen molar-refractivity contribution in [1.29, 1.82) is 0 Å². The second-order valence-electron chi connectivity index (χ2n) is 7.49. The third kappa shape index (κ3) is 5.01. The maximum absolute atomic E-state index is 5.47. The van der Waals surface area contributed by atoms with Crippen LogP contribution in [0.3, 0.4) is 0 Å². The van der Waals surface area contributed by atoms with Crippen LogP contribution in [0, 0.1) is 6.92 Å². The van der Waals surface area contributed by atoms with Gasteiger partial charge in [-0.2, -0.15) is 0 Å². The van der Waals surface area contributed by atoms with Crippen LogP contribution in [0.15, 0.2) is 58.9 Å². The van der Waals surface area contributed by atoms with Crippen molar-refractivity contribution in [2.24, 2.45) is 4.99 Å². The number of methoxy groups -OCH3 is 1. The number of benzene rings is 2. The van der Waals surface area contributed by atoms with Crippen molar-refractivity contribution in [2.75, 3.05) is 40.0 Å². The van der Waals surface area contributed by atoms with Gasteiger partial charge in [0.05, 0.1) is 31.7 Å². The van der Waals surface area contributed by atoms with Crippen LogP contribution in [0.2, 0.25) is 0 Å². The number of hydrogen-bond acceptors (Lipinski definition) is 5. The predicted octanol–water partition coefficient (Wildman–Crippen LogP) is 4.49. The standard InChI is InChI=1S/C24H29N3O2S/c1-19-6-3-4-7-22(19)25-24-27(13-5-12-26-14-16-29-17-15-26)23(18-30-24)20-8-10-21(28-2)11-9-20/h3-4,6-11,18H,5,12-17H2,1-2H3. The molecule has 0 bridgehead atoms. The number of hydrogen-bond donors (Lipinski definition) is 0. The lowest BCUT2D eigenvalue weighted by molar-refractivity contribution is 0.0369.